The van der Waals surface area contributed by atoms with Crippen molar-refractivity contribution in [3.63, 3.8) is 0 Å². The predicted molar refractivity (Wildman–Crippen MR) is 70.3 cm³/mol. The average Bonchev–Trinajstić information content (AvgIpc) is 2.48. The molecule has 1 aromatic carbocycles. The maximum Gasteiger partial charge on any atom is 0.347 e. The molecule has 0 aliphatic rings. The molecule has 0 fully saturated rings. The standard InChI is InChI=1S/C15H15NO3/c1-2-19-14(17)15(18,12-7-4-3-5-8-12)13-9-6-10-16-11-13/h3-11,18H,2H2,1H3/t15-/m0/s1. The van der Waals surface area contributed by atoms with Crippen LogP contribution in [0, 0.1) is 0 Å². The van der Waals surface area contributed by atoms with E-state index in [2.05, 4.69) is 4.98 Å². The molecule has 2 aromatic rings. The van der Waals surface area contributed by atoms with E-state index in [1.165, 1.54) is 6.20 Å². The minimum absolute atomic E-state index is 0.203. The Morgan fingerprint density at radius 2 is 1.89 bits per heavy atom. The van der Waals surface area contributed by atoms with Gasteiger partial charge in [0.1, 0.15) is 0 Å². The van der Waals surface area contributed by atoms with Gasteiger partial charge in [-0.05, 0) is 18.6 Å². The Kier molecular flexibility index (Phi) is 3.92. The van der Waals surface area contributed by atoms with Crippen LogP contribution < -0.4 is 0 Å². The second-order valence-corrected chi connectivity index (χ2v) is 4.04. The van der Waals surface area contributed by atoms with Crippen molar-refractivity contribution in [1.29, 1.82) is 0 Å². The van der Waals surface area contributed by atoms with Crippen LogP contribution in [-0.4, -0.2) is 22.7 Å². The quantitative estimate of drug-likeness (QED) is 0.850. The summed E-state index contributed by atoms with van der Waals surface area (Å²) in [5, 5.41) is 10.8. The third-order valence-electron chi connectivity index (χ3n) is 2.84. The molecule has 0 saturated heterocycles. The van der Waals surface area contributed by atoms with E-state index in [0.29, 0.717) is 11.1 Å². The SMILES string of the molecule is CCOC(=O)[C@](O)(c1ccccc1)c1cccnc1. The maximum atomic E-state index is 12.2. The molecule has 4 heteroatoms. The monoisotopic (exact) mass is 257 g/mol. The number of carbonyl (C=O) groups is 1. The first-order valence-corrected chi connectivity index (χ1v) is 6.05. The van der Waals surface area contributed by atoms with E-state index in [1.807, 2.05) is 6.07 Å². The van der Waals surface area contributed by atoms with Gasteiger partial charge >= 0.3 is 5.97 Å². The van der Waals surface area contributed by atoms with Gasteiger partial charge in [-0.3, -0.25) is 4.98 Å². The van der Waals surface area contributed by atoms with Crippen LogP contribution >= 0.6 is 0 Å². The van der Waals surface area contributed by atoms with Crippen molar-refractivity contribution in [2.45, 2.75) is 12.5 Å². The van der Waals surface area contributed by atoms with E-state index in [1.54, 1.807) is 49.5 Å². The van der Waals surface area contributed by atoms with Crippen LogP contribution in [0.15, 0.2) is 54.9 Å². The Hall–Kier alpha value is -2.20. The van der Waals surface area contributed by atoms with E-state index in [4.69, 9.17) is 4.74 Å². The molecule has 0 bridgehead atoms. The lowest BCUT2D eigenvalue weighted by Crippen LogP contribution is -2.38. The number of aliphatic hydroxyl groups is 1. The molecule has 1 N–H and O–H groups in total. The van der Waals surface area contributed by atoms with Crippen LogP contribution in [-0.2, 0) is 15.1 Å². The van der Waals surface area contributed by atoms with Gasteiger partial charge in [0, 0.05) is 18.0 Å². The highest BCUT2D eigenvalue weighted by molar-refractivity contribution is 5.85. The van der Waals surface area contributed by atoms with Crippen molar-refractivity contribution in [2.24, 2.45) is 0 Å². The highest BCUT2D eigenvalue weighted by Gasteiger charge is 2.41. The predicted octanol–water partition coefficient (Wildman–Crippen LogP) is 1.88. The summed E-state index contributed by atoms with van der Waals surface area (Å²) in [5.41, 5.74) is -0.980. The van der Waals surface area contributed by atoms with Gasteiger partial charge in [-0.15, -0.1) is 0 Å². The molecule has 0 radical (unpaired) electrons. The molecule has 1 atom stereocenters. The molecular weight excluding hydrogens is 242 g/mol. The average molecular weight is 257 g/mol. The van der Waals surface area contributed by atoms with Crippen molar-refractivity contribution in [2.75, 3.05) is 6.61 Å². The van der Waals surface area contributed by atoms with Gasteiger partial charge in [-0.1, -0.05) is 36.4 Å². The molecule has 0 aliphatic heterocycles. The molecule has 2 rings (SSSR count). The first-order chi connectivity index (χ1) is 9.19. The van der Waals surface area contributed by atoms with Gasteiger partial charge in [-0.2, -0.15) is 0 Å². The topological polar surface area (TPSA) is 59.4 Å². The van der Waals surface area contributed by atoms with E-state index in [9.17, 15) is 9.90 Å². The summed E-state index contributed by atoms with van der Waals surface area (Å²) in [6.07, 6.45) is 3.05. The number of nitrogens with zero attached hydrogens (tertiary/aromatic N) is 1. The molecule has 98 valence electrons. The number of rotatable bonds is 4. The molecular formula is C15H15NO3. The van der Waals surface area contributed by atoms with Gasteiger partial charge in [0.15, 0.2) is 0 Å². The van der Waals surface area contributed by atoms with Crippen molar-refractivity contribution >= 4 is 5.97 Å². The number of pyridine rings is 1. The second-order valence-electron chi connectivity index (χ2n) is 4.04. The molecule has 0 saturated carbocycles. The molecule has 0 unspecified atom stereocenters. The van der Waals surface area contributed by atoms with Gasteiger partial charge in [0.05, 0.1) is 6.61 Å². The number of ether oxygens (including phenoxy) is 1. The number of hydrogen-bond acceptors (Lipinski definition) is 4. The van der Waals surface area contributed by atoms with E-state index < -0.39 is 11.6 Å². The molecule has 19 heavy (non-hydrogen) atoms. The largest absolute Gasteiger partial charge is 0.463 e. The Morgan fingerprint density at radius 1 is 1.21 bits per heavy atom. The van der Waals surface area contributed by atoms with Crippen molar-refractivity contribution in [3.8, 4) is 0 Å². The third kappa shape index (κ3) is 2.48. The summed E-state index contributed by atoms with van der Waals surface area (Å²) in [7, 11) is 0. The molecule has 0 aliphatic carbocycles. The van der Waals surface area contributed by atoms with Crippen LogP contribution in [0.25, 0.3) is 0 Å². The van der Waals surface area contributed by atoms with Gasteiger partial charge in [0.25, 0.3) is 0 Å². The first-order valence-electron chi connectivity index (χ1n) is 6.05. The molecule has 4 nitrogen and oxygen atoms in total. The summed E-state index contributed by atoms with van der Waals surface area (Å²) in [6, 6.07) is 12.0. The van der Waals surface area contributed by atoms with Crippen LogP contribution in [0.3, 0.4) is 0 Å². The lowest BCUT2D eigenvalue weighted by Gasteiger charge is -2.26. The zero-order valence-corrected chi connectivity index (χ0v) is 10.6. The molecule has 0 spiro atoms. The van der Waals surface area contributed by atoms with E-state index in [-0.39, 0.29) is 6.61 Å². The van der Waals surface area contributed by atoms with Crippen molar-refractivity contribution < 1.29 is 14.6 Å². The second kappa shape index (κ2) is 5.63. The highest BCUT2D eigenvalue weighted by Crippen LogP contribution is 2.30. The normalized spacial score (nSPS) is 13.6. The van der Waals surface area contributed by atoms with Crippen LogP contribution in [0.1, 0.15) is 18.1 Å². The van der Waals surface area contributed by atoms with E-state index >= 15 is 0 Å². The smallest absolute Gasteiger partial charge is 0.347 e. The first kappa shape index (κ1) is 13.2. The van der Waals surface area contributed by atoms with Crippen LogP contribution in [0.4, 0.5) is 0 Å². The van der Waals surface area contributed by atoms with Gasteiger partial charge < -0.3 is 9.84 Å². The van der Waals surface area contributed by atoms with Crippen LogP contribution in [0.2, 0.25) is 0 Å². The van der Waals surface area contributed by atoms with Gasteiger partial charge in [-0.25, -0.2) is 4.79 Å². The summed E-state index contributed by atoms with van der Waals surface area (Å²) in [6.45, 7) is 1.90. The fourth-order valence-corrected chi connectivity index (χ4v) is 1.89. The Balaban J connectivity index is 2.54. The Labute approximate surface area is 111 Å². The minimum Gasteiger partial charge on any atom is -0.463 e. The van der Waals surface area contributed by atoms with E-state index in [0.717, 1.165) is 0 Å². The molecule has 0 amide bonds. The van der Waals surface area contributed by atoms with Crippen LogP contribution in [0.5, 0.6) is 0 Å². The van der Waals surface area contributed by atoms with Gasteiger partial charge in [0.2, 0.25) is 5.60 Å². The third-order valence-corrected chi connectivity index (χ3v) is 2.84. The lowest BCUT2D eigenvalue weighted by atomic mass is 9.87. The summed E-state index contributed by atoms with van der Waals surface area (Å²) < 4.78 is 5.00. The number of hydrogen-bond donors (Lipinski definition) is 1. The minimum atomic E-state index is -1.83. The number of carbonyl (C=O) groups excluding carboxylic acids is 1. The fraction of sp³-hybridized carbons (Fsp3) is 0.200. The molecule has 1 heterocycles. The highest BCUT2D eigenvalue weighted by atomic mass is 16.5. The fourth-order valence-electron chi connectivity index (χ4n) is 1.89. The summed E-state index contributed by atoms with van der Waals surface area (Å²) >= 11 is 0. The molecule has 1 aromatic heterocycles. The Morgan fingerprint density at radius 3 is 2.47 bits per heavy atom. The van der Waals surface area contributed by atoms with Crippen molar-refractivity contribution in [1.82, 2.24) is 4.98 Å². The van der Waals surface area contributed by atoms with Crippen molar-refractivity contribution in [3.05, 3.63) is 66.0 Å². The maximum absolute atomic E-state index is 12.2. The summed E-state index contributed by atoms with van der Waals surface area (Å²) in [4.78, 5) is 16.1. The zero-order valence-electron chi connectivity index (χ0n) is 10.6. The number of esters is 1. The zero-order chi connectivity index (χ0) is 13.7. The lowest BCUT2D eigenvalue weighted by molar-refractivity contribution is -0.161. The summed E-state index contributed by atoms with van der Waals surface area (Å²) in [5.74, 6) is -0.700. The number of benzene rings is 1. The Bertz CT molecular complexity index is 500. The number of aromatic nitrogens is 1.